The van der Waals surface area contributed by atoms with E-state index in [-0.39, 0.29) is 17.9 Å². The molecule has 1 aromatic rings. The summed E-state index contributed by atoms with van der Waals surface area (Å²) in [5.74, 6) is -0.952. The summed E-state index contributed by atoms with van der Waals surface area (Å²) in [5.41, 5.74) is 1.05. The van der Waals surface area contributed by atoms with E-state index in [0.717, 1.165) is 18.4 Å². The summed E-state index contributed by atoms with van der Waals surface area (Å²) in [6.07, 6.45) is 2.03. The second-order valence-corrected chi connectivity index (χ2v) is 5.34. The Balaban J connectivity index is 1.98. The van der Waals surface area contributed by atoms with Gasteiger partial charge in [0.05, 0.1) is 5.92 Å². The Morgan fingerprint density at radius 1 is 1.35 bits per heavy atom. The Labute approximate surface area is 105 Å². The molecule has 3 rings (SSSR count). The van der Waals surface area contributed by atoms with Gasteiger partial charge in [-0.1, -0.05) is 23.7 Å². The van der Waals surface area contributed by atoms with E-state index in [9.17, 15) is 9.90 Å². The van der Waals surface area contributed by atoms with Crippen LogP contribution in [-0.2, 0) is 4.79 Å². The Kier molecular flexibility index (Phi) is 2.60. The van der Waals surface area contributed by atoms with Crippen LogP contribution in [0.4, 0.5) is 0 Å². The zero-order valence-electron chi connectivity index (χ0n) is 9.27. The minimum absolute atomic E-state index is 0.0601. The molecule has 1 aromatic carbocycles. The van der Waals surface area contributed by atoms with Gasteiger partial charge in [0.2, 0.25) is 0 Å². The van der Waals surface area contributed by atoms with Gasteiger partial charge in [-0.25, -0.2) is 0 Å². The van der Waals surface area contributed by atoms with Gasteiger partial charge in [0, 0.05) is 23.0 Å². The Hall–Kier alpha value is -1.06. The lowest BCUT2D eigenvalue weighted by Crippen LogP contribution is -2.32. The van der Waals surface area contributed by atoms with Gasteiger partial charge >= 0.3 is 5.97 Å². The van der Waals surface area contributed by atoms with Gasteiger partial charge in [-0.2, -0.15) is 0 Å². The van der Waals surface area contributed by atoms with Crippen LogP contribution in [0.25, 0.3) is 0 Å². The van der Waals surface area contributed by atoms with E-state index in [1.165, 1.54) is 0 Å². The lowest BCUT2D eigenvalue weighted by atomic mass is 9.75. The van der Waals surface area contributed by atoms with Gasteiger partial charge in [0.15, 0.2) is 0 Å². The van der Waals surface area contributed by atoms with Crippen LogP contribution in [0.5, 0.6) is 0 Å². The first-order chi connectivity index (χ1) is 8.16. The summed E-state index contributed by atoms with van der Waals surface area (Å²) in [4.78, 5) is 11.4. The maximum atomic E-state index is 11.4. The summed E-state index contributed by atoms with van der Waals surface area (Å²) in [6, 6.07) is 8.00. The van der Waals surface area contributed by atoms with E-state index in [2.05, 4.69) is 5.32 Å². The fraction of sp³-hybridized carbons (Fsp3) is 0.462. The molecule has 2 heterocycles. The predicted molar refractivity (Wildman–Crippen MR) is 65.3 cm³/mol. The highest BCUT2D eigenvalue weighted by molar-refractivity contribution is 6.30. The molecule has 0 saturated carbocycles. The minimum atomic E-state index is -0.699. The number of carboxylic acid groups (broad SMARTS) is 1. The molecule has 17 heavy (non-hydrogen) atoms. The van der Waals surface area contributed by atoms with Crippen molar-refractivity contribution < 1.29 is 9.90 Å². The van der Waals surface area contributed by atoms with E-state index in [4.69, 9.17) is 11.6 Å². The van der Waals surface area contributed by atoms with Crippen molar-refractivity contribution in [2.45, 2.75) is 30.8 Å². The average Bonchev–Trinajstić information content (AvgIpc) is 2.88. The molecule has 2 aliphatic heterocycles. The molecule has 0 spiro atoms. The standard InChI is InChI=1S/C13H14ClNO2/c14-8-3-1-2-7(6-8)11-9-4-5-10(15-9)12(11)13(16)17/h1-3,6,9-12,15H,4-5H2,(H,16,17). The van der Waals surface area contributed by atoms with Crippen molar-refractivity contribution in [2.24, 2.45) is 5.92 Å². The highest BCUT2D eigenvalue weighted by Crippen LogP contribution is 2.45. The molecule has 4 atom stereocenters. The number of halogens is 1. The van der Waals surface area contributed by atoms with E-state index >= 15 is 0 Å². The zero-order valence-corrected chi connectivity index (χ0v) is 10.0. The Bertz CT molecular complexity index is 462. The molecule has 3 nitrogen and oxygen atoms in total. The molecule has 2 bridgehead atoms. The van der Waals surface area contributed by atoms with E-state index in [1.807, 2.05) is 24.3 Å². The van der Waals surface area contributed by atoms with Crippen LogP contribution in [0.2, 0.25) is 5.02 Å². The molecule has 2 N–H and O–H groups in total. The third kappa shape index (κ3) is 1.74. The van der Waals surface area contributed by atoms with Gasteiger partial charge in [-0.15, -0.1) is 0 Å². The smallest absolute Gasteiger partial charge is 0.308 e. The topological polar surface area (TPSA) is 49.3 Å². The lowest BCUT2D eigenvalue weighted by Gasteiger charge is -2.26. The summed E-state index contributed by atoms with van der Waals surface area (Å²) in [5, 5.41) is 13.4. The number of nitrogens with one attached hydrogen (secondary N) is 1. The van der Waals surface area contributed by atoms with Gasteiger partial charge < -0.3 is 10.4 Å². The Morgan fingerprint density at radius 3 is 2.82 bits per heavy atom. The second-order valence-electron chi connectivity index (χ2n) is 4.90. The number of carboxylic acids is 1. The molecule has 90 valence electrons. The van der Waals surface area contributed by atoms with Gasteiger partial charge in [0.1, 0.15) is 0 Å². The molecule has 0 amide bonds. The number of hydrogen-bond acceptors (Lipinski definition) is 2. The van der Waals surface area contributed by atoms with Gasteiger partial charge in [-0.05, 0) is 30.5 Å². The minimum Gasteiger partial charge on any atom is -0.481 e. The summed E-state index contributed by atoms with van der Waals surface area (Å²) < 4.78 is 0. The lowest BCUT2D eigenvalue weighted by molar-refractivity contribution is -0.142. The highest BCUT2D eigenvalue weighted by atomic mass is 35.5. The second kappa shape index (κ2) is 4.00. The van der Waals surface area contributed by atoms with Crippen LogP contribution in [-0.4, -0.2) is 23.2 Å². The average molecular weight is 252 g/mol. The highest BCUT2D eigenvalue weighted by Gasteiger charge is 2.51. The van der Waals surface area contributed by atoms with Crippen molar-refractivity contribution in [1.82, 2.24) is 5.32 Å². The first-order valence-corrected chi connectivity index (χ1v) is 6.29. The number of hydrogen-bond donors (Lipinski definition) is 2. The number of rotatable bonds is 2. The summed E-state index contributed by atoms with van der Waals surface area (Å²) >= 11 is 5.98. The number of aliphatic carboxylic acids is 1. The molecule has 2 saturated heterocycles. The molecule has 0 radical (unpaired) electrons. The van der Waals surface area contributed by atoms with Crippen LogP contribution in [0.3, 0.4) is 0 Å². The third-order valence-electron chi connectivity index (χ3n) is 3.99. The monoisotopic (exact) mass is 251 g/mol. The Morgan fingerprint density at radius 2 is 2.12 bits per heavy atom. The third-order valence-corrected chi connectivity index (χ3v) is 4.22. The van der Waals surface area contributed by atoms with E-state index < -0.39 is 5.97 Å². The number of fused-ring (bicyclic) bond motifs is 2. The van der Waals surface area contributed by atoms with Gasteiger partial charge in [-0.3, -0.25) is 4.79 Å². The largest absolute Gasteiger partial charge is 0.481 e. The van der Waals surface area contributed by atoms with Crippen molar-refractivity contribution in [2.75, 3.05) is 0 Å². The van der Waals surface area contributed by atoms with Crippen molar-refractivity contribution in [3.05, 3.63) is 34.9 Å². The predicted octanol–water partition coefficient (Wildman–Crippen LogP) is 2.26. The molecule has 4 heteroatoms. The molecule has 4 unspecified atom stereocenters. The maximum Gasteiger partial charge on any atom is 0.308 e. The maximum absolute atomic E-state index is 11.4. The van der Waals surface area contributed by atoms with Crippen molar-refractivity contribution in [3.8, 4) is 0 Å². The molecule has 2 aliphatic rings. The van der Waals surface area contributed by atoms with Crippen LogP contribution in [0, 0.1) is 5.92 Å². The SMILES string of the molecule is O=C(O)C1C2CCC(N2)C1c1cccc(Cl)c1. The molecule has 0 aromatic heterocycles. The van der Waals surface area contributed by atoms with Crippen molar-refractivity contribution >= 4 is 17.6 Å². The number of carbonyl (C=O) groups is 1. The van der Waals surface area contributed by atoms with Crippen LogP contribution >= 0.6 is 11.6 Å². The molecule has 0 aliphatic carbocycles. The van der Waals surface area contributed by atoms with E-state index in [1.54, 1.807) is 0 Å². The van der Waals surface area contributed by atoms with Crippen LogP contribution in [0.15, 0.2) is 24.3 Å². The molecular formula is C13H14ClNO2. The van der Waals surface area contributed by atoms with Crippen LogP contribution in [0.1, 0.15) is 24.3 Å². The first kappa shape index (κ1) is 11.1. The van der Waals surface area contributed by atoms with Crippen molar-refractivity contribution in [3.63, 3.8) is 0 Å². The van der Waals surface area contributed by atoms with E-state index in [0.29, 0.717) is 11.1 Å². The first-order valence-electron chi connectivity index (χ1n) is 5.91. The summed E-state index contributed by atoms with van der Waals surface area (Å²) in [7, 11) is 0. The summed E-state index contributed by atoms with van der Waals surface area (Å²) in [6.45, 7) is 0. The van der Waals surface area contributed by atoms with Gasteiger partial charge in [0.25, 0.3) is 0 Å². The zero-order chi connectivity index (χ0) is 12.0. The normalized spacial score (nSPS) is 35.1. The molecule has 2 fully saturated rings. The fourth-order valence-corrected chi connectivity index (χ4v) is 3.55. The fourth-order valence-electron chi connectivity index (χ4n) is 3.35. The van der Waals surface area contributed by atoms with Crippen molar-refractivity contribution in [1.29, 1.82) is 0 Å². The molecular weight excluding hydrogens is 238 g/mol. The quantitative estimate of drug-likeness (QED) is 0.848. The number of benzene rings is 1. The van der Waals surface area contributed by atoms with Crippen LogP contribution < -0.4 is 5.32 Å².